The highest BCUT2D eigenvalue weighted by Crippen LogP contribution is 2.33. The van der Waals surface area contributed by atoms with E-state index in [-0.39, 0.29) is 23.0 Å². The first-order valence-corrected chi connectivity index (χ1v) is 17.5. The van der Waals surface area contributed by atoms with Crippen LogP contribution in [0.5, 0.6) is 0 Å². The molecule has 2 N–H and O–H groups in total. The van der Waals surface area contributed by atoms with Crippen LogP contribution in [0.4, 0.5) is 19.0 Å². The fraction of sp³-hybridized carbons (Fsp3) is 0.516. The van der Waals surface area contributed by atoms with Crippen LogP contribution < -0.4 is 10.0 Å². The van der Waals surface area contributed by atoms with Gasteiger partial charge in [-0.15, -0.1) is 16.1 Å². The molecule has 4 aromatic rings. The molecule has 240 valence electrons. The number of nitrogens with zero attached hydrogens (tertiary/aromatic N) is 6. The lowest BCUT2D eigenvalue weighted by Crippen LogP contribution is -2.62. The molecule has 2 fully saturated rings. The minimum Gasteiger partial charge on any atom is -0.598 e. The Kier molecular flexibility index (Phi) is 9.29. The third-order valence-electron chi connectivity index (χ3n) is 8.97. The minimum absolute atomic E-state index is 0.171. The van der Waals surface area contributed by atoms with Gasteiger partial charge in [0.25, 0.3) is 0 Å². The van der Waals surface area contributed by atoms with Gasteiger partial charge in [0.05, 0.1) is 17.8 Å². The maximum atomic E-state index is 12.9. The third kappa shape index (κ3) is 7.24. The number of hydrogen-bond acceptors (Lipinski definition) is 9. The number of fused-ring (bicyclic) bond motifs is 2. The third-order valence-corrected chi connectivity index (χ3v) is 10.7. The number of thiophene rings is 1. The van der Waals surface area contributed by atoms with Gasteiger partial charge >= 0.3 is 6.18 Å². The van der Waals surface area contributed by atoms with Crippen LogP contribution in [-0.2, 0) is 30.9 Å². The number of alkyl halides is 3. The summed E-state index contributed by atoms with van der Waals surface area (Å²) in [5.41, 5.74) is 4.14. The molecule has 0 saturated carbocycles. The zero-order chi connectivity index (χ0) is 31.9. The van der Waals surface area contributed by atoms with Crippen LogP contribution in [0, 0.1) is 18.3 Å². The second-order valence-electron chi connectivity index (χ2n) is 12.2. The lowest BCUT2D eigenvalue weighted by atomic mass is 10.0. The Bertz CT molecular complexity index is 1700. The SMILES string of the molecule is Cc1c(CN2CCC(Nc3ncnc4sc(CC(F)(F)F)cc34)CC2)ccc2c1cc(C#N)n2CC(C)N1CC(N[S+](C)[O-])C1. The summed E-state index contributed by atoms with van der Waals surface area (Å²) in [6.07, 6.45) is -0.373. The molecule has 0 aliphatic carbocycles. The van der Waals surface area contributed by atoms with E-state index in [2.05, 4.69) is 66.4 Å². The molecule has 3 aromatic heterocycles. The summed E-state index contributed by atoms with van der Waals surface area (Å²) >= 11 is 0.0468. The Morgan fingerprint density at radius 3 is 2.60 bits per heavy atom. The number of hydrogen-bond donors (Lipinski definition) is 2. The van der Waals surface area contributed by atoms with Gasteiger partial charge < -0.3 is 14.4 Å². The number of halogens is 3. The molecule has 0 spiro atoms. The maximum absolute atomic E-state index is 12.9. The van der Waals surface area contributed by atoms with E-state index in [0.29, 0.717) is 28.3 Å². The van der Waals surface area contributed by atoms with Gasteiger partial charge in [-0.2, -0.15) is 18.4 Å². The largest absolute Gasteiger partial charge is 0.598 e. The Balaban J connectivity index is 1.08. The van der Waals surface area contributed by atoms with Crippen molar-refractivity contribution in [2.75, 3.05) is 37.8 Å². The fourth-order valence-corrected chi connectivity index (χ4v) is 8.16. The van der Waals surface area contributed by atoms with Crippen molar-refractivity contribution in [2.24, 2.45) is 0 Å². The summed E-state index contributed by atoms with van der Waals surface area (Å²) in [7, 11) is 0. The average Bonchev–Trinajstić information content (AvgIpc) is 3.53. The topological polar surface area (TPSA) is 108 Å². The number of anilines is 1. The molecule has 2 atom stereocenters. The Labute approximate surface area is 267 Å². The predicted molar refractivity (Wildman–Crippen MR) is 173 cm³/mol. The smallest absolute Gasteiger partial charge is 0.393 e. The molecule has 2 unspecified atom stereocenters. The molecule has 2 saturated heterocycles. The molecule has 0 amide bonds. The number of rotatable bonds is 10. The summed E-state index contributed by atoms with van der Waals surface area (Å²) < 4.78 is 55.4. The maximum Gasteiger partial charge on any atom is 0.393 e. The van der Waals surface area contributed by atoms with Crippen LogP contribution in [-0.4, -0.2) is 85.6 Å². The standard InChI is InChI=1S/C31H37F3N8OS2/c1-19(41-16-23(17-41)39-45(3)43)14-42-24(13-35)10-26-20(2)21(4-5-28(26)42)15-40-8-6-22(7-9-40)38-29-27-11-25(12-31(32,33)34)44-30(27)37-18-36-29/h4-5,10-11,18-19,22-23,39H,6-9,12,14-17H2,1-3H3,(H,36,37,38). The normalized spacial score (nSPS) is 18.7. The van der Waals surface area contributed by atoms with E-state index in [4.69, 9.17) is 0 Å². The lowest BCUT2D eigenvalue weighted by Gasteiger charge is -2.42. The van der Waals surface area contributed by atoms with Crippen molar-refractivity contribution in [1.82, 2.24) is 29.1 Å². The van der Waals surface area contributed by atoms with E-state index in [1.54, 1.807) is 12.3 Å². The van der Waals surface area contributed by atoms with Crippen molar-refractivity contribution in [2.45, 2.75) is 70.5 Å². The first kappa shape index (κ1) is 32.0. The van der Waals surface area contributed by atoms with E-state index in [9.17, 15) is 23.0 Å². The Hall–Kier alpha value is -2.93. The van der Waals surface area contributed by atoms with Crippen molar-refractivity contribution in [3.05, 3.63) is 52.3 Å². The number of nitriles is 1. The summed E-state index contributed by atoms with van der Waals surface area (Å²) in [4.78, 5) is 14.1. The number of aromatic nitrogens is 3. The molecule has 45 heavy (non-hydrogen) atoms. The van der Waals surface area contributed by atoms with Crippen molar-refractivity contribution in [3.63, 3.8) is 0 Å². The fourth-order valence-electron chi connectivity index (χ4n) is 6.52. The zero-order valence-corrected chi connectivity index (χ0v) is 27.2. The molecule has 9 nitrogen and oxygen atoms in total. The van der Waals surface area contributed by atoms with E-state index in [1.807, 2.05) is 6.07 Å². The molecule has 6 rings (SSSR count). The summed E-state index contributed by atoms with van der Waals surface area (Å²) in [5.74, 6) is 0.597. The molecule has 1 aromatic carbocycles. The van der Waals surface area contributed by atoms with Crippen molar-refractivity contribution >= 4 is 49.6 Å². The van der Waals surface area contributed by atoms with Crippen LogP contribution in [0.25, 0.3) is 21.1 Å². The first-order valence-electron chi connectivity index (χ1n) is 15.1. The lowest BCUT2D eigenvalue weighted by molar-refractivity contribution is -0.126. The highest BCUT2D eigenvalue weighted by atomic mass is 32.2. The van der Waals surface area contributed by atoms with E-state index >= 15 is 0 Å². The van der Waals surface area contributed by atoms with Crippen molar-refractivity contribution < 1.29 is 17.7 Å². The van der Waals surface area contributed by atoms with Crippen LogP contribution in [0.2, 0.25) is 0 Å². The van der Waals surface area contributed by atoms with Gasteiger partial charge in [-0.05, 0) is 56.0 Å². The van der Waals surface area contributed by atoms with Gasteiger partial charge in [0.15, 0.2) is 0 Å². The molecular formula is C31H37F3N8OS2. The van der Waals surface area contributed by atoms with Crippen LogP contribution in [0.15, 0.2) is 30.6 Å². The van der Waals surface area contributed by atoms with Crippen LogP contribution >= 0.6 is 11.3 Å². The molecule has 5 heterocycles. The van der Waals surface area contributed by atoms with Crippen molar-refractivity contribution in [1.29, 1.82) is 5.26 Å². The van der Waals surface area contributed by atoms with Gasteiger partial charge in [-0.3, -0.25) is 9.80 Å². The quantitative estimate of drug-likeness (QED) is 0.230. The van der Waals surface area contributed by atoms with Gasteiger partial charge in [-0.1, -0.05) is 6.07 Å². The van der Waals surface area contributed by atoms with Gasteiger partial charge in [0.1, 0.15) is 35.0 Å². The average molecular weight is 659 g/mol. The van der Waals surface area contributed by atoms with Gasteiger partial charge in [0.2, 0.25) is 0 Å². The van der Waals surface area contributed by atoms with Gasteiger partial charge in [-0.25, -0.2) is 9.97 Å². The summed E-state index contributed by atoms with van der Waals surface area (Å²) in [6.45, 7) is 9.27. The molecule has 2 aliphatic heterocycles. The van der Waals surface area contributed by atoms with Gasteiger partial charge in [0, 0.05) is 78.5 Å². The molecule has 0 bridgehead atoms. The molecule has 14 heteroatoms. The number of aryl methyl sites for hydroxylation is 1. The number of likely N-dealkylation sites (tertiary alicyclic amines) is 2. The first-order chi connectivity index (χ1) is 21.5. The Morgan fingerprint density at radius 1 is 1.16 bits per heavy atom. The highest BCUT2D eigenvalue weighted by Gasteiger charge is 2.33. The van der Waals surface area contributed by atoms with E-state index in [1.165, 1.54) is 17.5 Å². The summed E-state index contributed by atoms with van der Waals surface area (Å²) in [6, 6.07) is 10.9. The number of piperidine rings is 1. The molecule has 0 radical (unpaired) electrons. The number of nitrogens with one attached hydrogen (secondary N) is 2. The molecule has 2 aliphatic rings. The van der Waals surface area contributed by atoms with Crippen LogP contribution in [0.1, 0.15) is 41.5 Å². The monoisotopic (exact) mass is 658 g/mol. The Morgan fingerprint density at radius 2 is 1.91 bits per heavy atom. The van der Waals surface area contributed by atoms with E-state index in [0.717, 1.165) is 67.8 Å². The minimum atomic E-state index is -4.26. The predicted octanol–water partition coefficient (Wildman–Crippen LogP) is 4.96. The second kappa shape index (κ2) is 13.1. The van der Waals surface area contributed by atoms with Crippen molar-refractivity contribution in [3.8, 4) is 6.07 Å². The number of benzene rings is 1. The second-order valence-corrected chi connectivity index (χ2v) is 14.5. The summed E-state index contributed by atoms with van der Waals surface area (Å²) in [5, 5.41) is 15.2. The van der Waals surface area contributed by atoms with Crippen LogP contribution in [0.3, 0.4) is 0 Å². The van der Waals surface area contributed by atoms with E-state index < -0.39 is 24.0 Å². The zero-order valence-electron chi connectivity index (χ0n) is 25.5. The highest BCUT2D eigenvalue weighted by molar-refractivity contribution is 7.88. The molecular weight excluding hydrogens is 622 g/mol.